The summed E-state index contributed by atoms with van der Waals surface area (Å²) in [7, 11) is 1.58. The highest BCUT2D eigenvalue weighted by atomic mass is 16.2. The summed E-state index contributed by atoms with van der Waals surface area (Å²) in [6, 6.07) is 14.3. The maximum absolute atomic E-state index is 12.4. The van der Waals surface area contributed by atoms with Gasteiger partial charge in [-0.3, -0.25) is 19.3 Å². The van der Waals surface area contributed by atoms with Crippen LogP contribution in [0.25, 0.3) is 6.08 Å². The molecule has 0 aromatic heterocycles. The Bertz CT molecular complexity index is 953. The molecule has 1 aliphatic heterocycles. The molecule has 0 bridgehead atoms. The molecule has 2 aromatic carbocycles. The first-order valence-electron chi connectivity index (χ1n) is 9.90. The average molecular weight is 406 g/mol. The molecule has 1 saturated heterocycles. The van der Waals surface area contributed by atoms with Crippen LogP contribution in [0.1, 0.15) is 34.3 Å². The number of rotatable bonds is 7. The zero-order chi connectivity index (χ0) is 21.5. The van der Waals surface area contributed by atoms with Crippen LogP contribution in [-0.2, 0) is 16.1 Å². The van der Waals surface area contributed by atoms with Crippen molar-refractivity contribution < 1.29 is 14.4 Å². The van der Waals surface area contributed by atoms with Crippen LogP contribution in [0.15, 0.2) is 54.6 Å². The molecule has 0 radical (unpaired) electrons. The second-order valence-electron chi connectivity index (χ2n) is 7.21. The van der Waals surface area contributed by atoms with Crippen molar-refractivity contribution in [2.45, 2.75) is 25.4 Å². The maximum atomic E-state index is 12.4. The minimum absolute atomic E-state index is 0.156. The number of carbonyl (C=O) groups excluding carboxylic acids is 3. The summed E-state index contributed by atoms with van der Waals surface area (Å²) >= 11 is 0. The largest absolute Gasteiger partial charge is 0.368 e. The highest BCUT2D eigenvalue weighted by molar-refractivity contribution is 6.02. The predicted molar refractivity (Wildman–Crippen MR) is 117 cm³/mol. The minimum atomic E-state index is -0.306. The number of hydrogen-bond donors (Lipinski definition) is 3. The molecule has 1 fully saturated rings. The number of amides is 3. The van der Waals surface area contributed by atoms with Crippen molar-refractivity contribution in [3.63, 3.8) is 0 Å². The molecule has 7 heteroatoms. The number of nitrogens with one attached hydrogen (secondary N) is 2. The van der Waals surface area contributed by atoms with Crippen molar-refractivity contribution in [2.75, 3.05) is 18.9 Å². The van der Waals surface area contributed by atoms with Crippen LogP contribution >= 0.6 is 0 Å². The Balaban J connectivity index is 1.65. The Kier molecular flexibility index (Phi) is 6.98. The molecule has 7 nitrogen and oxygen atoms in total. The molecule has 30 heavy (non-hydrogen) atoms. The number of carbonyl (C=O) groups is 3. The van der Waals surface area contributed by atoms with Crippen LogP contribution in [0, 0.1) is 0 Å². The lowest BCUT2D eigenvalue weighted by molar-refractivity contribution is -0.122. The molecule has 1 aliphatic rings. The van der Waals surface area contributed by atoms with Crippen LogP contribution in [-0.4, -0.2) is 42.3 Å². The van der Waals surface area contributed by atoms with E-state index in [2.05, 4.69) is 15.5 Å². The van der Waals surface area contributed by atoms with Crippen LogP contribution in [0.2, 0.25) is 0 Å². The standard InChI is InChI=1S/C23H26N4O3/c1-25-23(30)17-11-8-16(9-12-17)10-13-21(28)26-19-6-3-2-5-18(19)15-27-14-4-7-20(27)22(24)29/h2-3,5-6,8-13,20H,4,7,14-15H2,1H3,(H2,24,29)(H,25,30)(H,26,28)/b13-10+. The SMILES string of the molecule is CNC(=O)c1ccc(/C=C/C(=O)Nc2ccccc2CN2CCCC2C(N)=O)cc1. The third-order valence-electron chi connectivity index (χ3n) is 5.17. The first-order valence-corrected chi connectivity index (χ1v) is 9.90. The van der Waals surface area contributed by atoms with E-state index in [9.17, 15) is 14.4 Å². The summed E-state index contributed by atoms with van der Waals surface area (Å²) in [6.07, 6.45) is 4.85. The van der Waals surface area contributed by atoms with Crippen molar-refractivity contribution in [3.05, 3.63) is 71.3 Å². The van der Waals surface area contributed by atoms with Gasteiger partial charge in [0.2, 0.25) is 11.8 Å². The molecular weight excluding hydrogens is 380 g/mol. The second-order valence-corrected chi connectivity index (χ2v) is 7.21. The van der Waals surface area contributed by atoms with E-state index in [4.69, 9.17) is 5.73 Å². The van der Waals surface area contributed by atoms with E-state index in [1.807, 2.05) is 24.3 Å². The molecule has 4 N–H and O–H groups in total. The zero-order valence-electron chi connectivity index (χ0n) is 16.9. The first-order chi connectivity index (χ1) is 14.5. The van der Waals surface area contributed by atoms with E-state index < -0.39 is 0 Å². The van der Waals surface area contributed by atoms with Crippen LogP contribution in [0.3, 0.4) is 0 Å². The maximum Gasteiger partial charge on any atom is 0.251 e. The molecular formula is C23H26N4O3. The van der Waals surface area contributed by atoms with Gasteiger partial charge >= 0.3 is 0 Å². The van der Waals surface area contributed by atoms with Gasteiger partial charge in [0.05, 0.1) is 6.04 Å². The molecule has 3 amide bonds. The Morgan fingerprint density at radius 3 is 2.57 bits per heavy atom. The number of para-hydroxylation sites is 1. The highest BCUT2D eigenvalue weighted by Crippen LogP contribution is 2.23. The van der Waals surface area contributed by atoms with Crippen LogP contribution < -0.4 is 16.4 Å². The monoisotopic (exact) mass is 406 g/mol. The van der Waals surface area contributed by atoms with Crippen molar-refractivity contribution in [1.29, 1.82) is 0 Å². The average Bonchev–Trinajstić information content (AvgIpc) is 3.22. The molecule has 0 aliphatic carbocycles. The van der Waals surface area contributed by atoms with Gasteiger partial charge in [-0.1, -0.05) is 30.3 Å². The summed E-state index contributed by atoms with van der Waals surface area (Å²) in [5, 5.41) is 5.47. The summed E-state index contributed by atoms with van der Waals surface area (Å²) in [6.45, 7) is 1.36. The van der Waals surface area contributed by atoms with Gasteiger partial charge < -0.3 is 16.4 Å². The van der Waals surface area contributed by atoms with Gasteiger partial charge in [0, 0.05) is 30.9 Å². The van der Waals surface area contributed by atoms with E-state index in [0.717, 1.165) is 30.5 Å². The lowest BCUT2D eigenvalue weighted by atomic mass is 10.1. The van der Waals surface area contributed by atoms with Crippen LogP contribution in [0.4, 0.5) is 5.69 Å². The molecule has 1 atom stereocenters. The number of primary amides is 1. The summed E-state index contributed by atoms with van der Waals surface area (Å²) < 4.78 is 0. The van der Waals surface area contributed by atoms with Gasteiger partial charge in [0.25, 0.3) is 5.91 Å². The summed E-state index contributed by atoms with van der Waals surface area (Å²) in [5.74, 6) is -0.721. The molecule has 0 saturated carbocycles. The Labute approximate surface area is 175 Å². The van der Waals surface area contributed by atoms with Crippen molar-refractivity contribution >= 4 is 29.5 Å². The minimum Gasteiger partial charge on any atom is -0.368 e. The van der Waals surface area contributed by atoms with Gasteiger partial charge in [-0.25, -0.2) is 0 Å². The third-order valence-corrected chi connectivity index (χ3v) is 5.17. The number of hydrogen-bond acceptors (Lipinski definition) is 4. The molecule has 3 rings (SSSR count). The smallest absolute Gasteiger partial charge is 0.251 e. The zero-order valence-corrected chi connectivity index (χ0v) is 16.9. The van der Waals surface area contributed by atoms with Gasteiger partial charge in [-0.05, 0) is 54.8 Å². The second kappa shape index (κ2) is 9.84. The summed E-state index contributed by atoms with van der Waals surface area (Å²) in [4.78, 5) is 37.7. The molecule has 1 unspecified atom stereocenters. The fourth-order valence-corrected chi connectivity index (χ4v) is 3.57. The van der Waals surface area contributed by atoms with E-state index in [1.165, 1.54) is 6.08 Å². The Hall–Kier alpha value is -3.45. The fraction of sp³-hybridized carbons (Fsp3) is 0.261. The number of benzene rings is 2. The lowest BCUT2D eigenvalue weighted by Gasteiger charge is -2.23. The van der Waals surface area contributed by atoms with Crippen molar-refractivity contribution in [3.8, 4) is 0 Å². The lowest BCUT2D eigenvalue weighted by Crippen LogP contribution is -2.39. The van der Waals surface area contributed by atoms with E-state index in [1.54, 1.807) is 37.4 Å². The Morgan fingerprint density at radius 2 is 1.87 bits per heavy atom. The van der Waals surface area contributed by atoms with E-state index in [-0.39, 0.29) is 23.8 Å². The normalized spacial score (nSPS) is 16.5. The van der Waals surface area contributed by atoms with E-state index in [0.29, 0.717) is 17.8 Å². The number of anilines is 1. The molecule has 0 spiro atoms. The van der Waals surface area contributed by atoms with Crippen LogP contribution in [0.5, 0.6) is 0 Å². The third kappa shape index (κ3) is 5.33. The molecule has 156 valence electrons. The van der Waals surface area contributed by atoms with Gasteiger partial charge in [0.1, 0.15) is 0 Å². The number of nitrogens with zero attached hydrogens (tertiary/aromatic N) is 1. The van der Waals surface area contributed by atoms with Gasteiger partial charge in [-0.15, -0.1) is 0 Å². The van der Waals surface area contributed by atoms with Gasteiger partial charge in [0.15, 0.2) is 0 Å². The van der Waals surface area contributed by atoms with Crippen molar-refractivity contribution in [1.82, 2.24) is 10.2 Å². The topological polar surface area (TPSA) is 105 Å². The number of nitrogens with two attached hydrogens (primary N) is 1. The summed E-state index contributed by atoms with van der Waals surface area (Å²) in [5.41, 5.74) is 8.52. The Morgan fingerprint density at radius 1 is 1.13 bits per heavy atom. The molecule has 1 heterocycles. The van der Waals surface area contributed by atoms with E-state index >= 15 is 0 Å². The quantitative estimate of drug-likeness (QED) is 0.613. The molecule has 2 aromatic rings. The van der Waals surface area contributed by atoms with Crippen molar-refractivity contribution in [2.24, 2.45) is 5.73 Å². The fourth-order valence-electron chi connectivity index (χ4n) is 3.57. The highest BCUT2D eigenvalue weighted by Gasteiger charge is 2.29. The first kappa shape index (κ1) is 21.3. The predicted octanol–water partition coefficient (Wildman–Crippen LogP) is 2.15. The number of likely N-dealkylation sites (tertiary alicyclic amines) is 1. The van der Waals surface area contributed by atoms with Gasteiger partial charge in [-0.2, -0.15) is 0 Å².